The number of pyridine rings is 1. The second kappa shape index (κ2) is 8.58. The molecule has 5 rings (SSSR count). The average Bonchev–Trinajstić information content (AvgIpc) is 3.31. The number of carbonyl (C=O) groups excluding carboxylic acids is 1. The fourth-order valence-electron chi connectivity index (χ4n) is 4.08. The Morgan fingerprint density at radius 2 is 1.88 bits per heavy atom. The first kappa shape index (κ1) is 21.6. The van der Waals surface area contributed by atoms with Crippen LogP contribution >= 0.6 is 0 Å². The number of nitrogen functional groups attached to an aromatic ring is 1. The first-order valence-electron chi connectivity index (χ1n) is 10.7. The van der Waals surface area contributed by atoms with Gasteiger partial charge in [0.05, 0.1) is 17.9 Å². The van der Waals surface area contributed by atoms with Gasteiger partial charge in [-0.25, -0.2) is 23.7 Å². The summed E-state index contributed by atoms with van der Waals surface area (Å²) in [6.45, 7) is 2.79. The Morgan fingerprint density at radius 1 is 1.09 bits per heavy atom. The Bertz CT molecular complexity index is 1360. The zero-order valence-electron chi connectivity index (χ0n) is 18.2. The molecule has 0 saturated carbocycles. The highest BCUT2D eigenvalue weighted by molar-refractivity contribution is 5.95. The van der Waals surface area contributed by atoms with Crippen LogP contribution in [0.5, 0.6) is 0 Å². The third-order valence-electron chi connectivity index (χ3n) is 5.79. The quantitative estimate of drug-likeness (QED) is 0.496. The SMILES string of the molecule is CCc1ncnc(-c2cc(F)c(C(=O)N3CCn4cnnc4C3)c(F)c2)c1-c1ccc(N)nc1. The summed E-state index contributed by atoms with van der Waals surface area (Å²) in [5.41, 5.74) is 7.57. The number of halogens is 2. The van der Waals surface area contributed by atoms with Gasteiger partial charge in [0.2, 0.25) is 0 Å². The molecule has 3 aromatic heterocycles. The normalized spacial score (nSPS) is 13.1. The average molecular weight is 462 g/mol. The predicted octanol–water partition coefficient (Wildman–Crippen LogP) is 2.88. The van der Waals surface area contributed by atoms with Gasteiger partial charge in [-0.15, -0.1) is 10.2 Å². The molecule has 172 valence electrons. The van der Waals surface area contributed by atoms with Crippen molar-refractivity contribution in [2.75, 3.05) is 12.3 Å². The summed E-state index contributed by atoms with van der Waals surface area (Å²) in [4.78, 5) is 27.1. The predicted molar refractivity (Wildman–Crippen MR) is 119 cm³/mol. The number of fused-ring (bicyclic) bond motifs is 1. The number of aryl methyl sites for hydroxylation is 1. The molecule has 1 aromatic carbocycles. The third kappa shape index (κ3) is 3.74. The molecule has 2 N–H and O–H groups in total. The Hall–Kier alpha value is -4.28. The van der Waals surface area contributed by atoms with E-state index in [-0.39, 0.29) is 12.1 Å². The van der Waals surface area contributed by atoms with E-state index >= 15 is 8.78 Å². The van der Waals surface area contributed by atoms with Crippen molar-refractivity contribution in [2.24, 2.45) is 0 Å². The van der Waals surface area contributed by atoms with Crippen molar-refractivity contribution >= 4 is 11.7 Å². The van der Waals surface area contributed by atoms with Crippen molar-refractivity contribution in [1.29, 1.82) is 0 Å². The van der Waals surface area contributed by atoms with E-state index in [0.717, 1.165) is 12.1 Å². The molecule has 0 fully saturated rings. The van der Waals surface area contributed by atoms with E-state index < -0.39 is 23.1 Å². The van der Waals surface area contributed by atoms with Crippen molar-refractivity contribution < 1.29 is 13.6 Å². The summed E-state index contributed by atoms with van der Waals surface area (Å²) in [7, 11) is 0. The second-order valence-corrected chi connectivity index (χ2v) is 7.85. The molecule has 4 aromatic rings. The van der Waals surface area contributed by atoms with Crippen LogP contribution in [0.3, 0.4) is 0 Å². The Balaban J connectivity index is 1.55. The smallest absolute Gasteiger partial charge is 0.260 e. The lowest BCUT2D eigenvalue weighted by Crippen LogP contribution is -2.39. The highest BCUT2D eigenvalue weighted by atomic mass is 19.1. The minimum atomic E-state index is -0.968. The van der Waals surface area contributed by atoms with Gasteiger partial charge in [0, 0.05) is 36.0 Å². The van der Waals surface area contributed by atoms with Crippen LogP contribution < -0.4 is 5.73 Å². The molecule has 0 bridgehead atoms. The van der Waals surface area contributed by atoms with Gasteiger partial charge in [-0.2, -0.15) is 0 Å². The van der Waals surface area contributed by atoms with E-state index in [1.165, 1.54) is 11.2 Å². The largest absolute Gasteiger partial charge is 0.384 e. The number of carbonyl (C=O) groups is 1. The van der Waals surface area contributed by atoms with E-state index in [0.29, 0.717) is 53.7 Å². The van der Waals surface area contributed by atoms with Crippen LogP contribution in [0.15, 0.2) is 43.1 Å². The molecule has 4 heterocycles. The molecule has 0 atom stereocenters. The number of hydrogen-bond acceptors (Lipinski definition) is 7. The van der Waals surface area contributed by atoms with Crippen LogP contribution in [0.1, 0.15) is 28.8 Å². The van der Waals surface area contributed by atoms with Gasteiger partial charge in [0.15, 0.2) is 5.82 Å². The molecule has 0 radical (unpaired) electrons. The van der Waals surface area contributed by atoms with Gasteiger partial charge in [0.25, 0.3) is 5.91 Å². The summed E-state index contributed by atoms with van der Waals surface area (Å²) in [6, 6.07) is 5.63. The van der Waals surface area contributed by atoms with E-state index in [1.54, 1.807) is 29.2 Å². The van der Waals surface area contributed by atoms with E-state index in [4.69, 9.17) is 5.73 Å². The fourth-order valence-corrected chi connectivity index (χ4v) is 4.08. The lowest BCUT2D eigenvalue weighted by Gasteiger charge is -2.27. The Morgan fingerprint density at radius 3 is 2.59 bits per heavy atom. The van der Waals surface area contributed by atoms with Crippen LogP contribution in [-0.4, -0.2) is 47.1 Å². The summed E-state index contributed by atoms with van der Waals surface area (Å²) < 4.78 is 32.2. The Labute approximate surface area is 193 Å². The van der Waals surface area contributed by atoms with Crippen molar-refractivity contribution in [3.8, 4) is 22.4 Å². The highest BCUT2D eigenvalue weighted by Gasteiger charge is 2.28. The first-order valence-corrected chi connectivity index (χ1v) is 10.7. The van der Waals surface area contributed by atoms with Crippen LogP contribution in [0.4, 0.5) is 14.6 Å². The molecule has 11 heteroatoms. The molecule has 1 aliphatic rings. The third-order valence-corrected chi connectivity index (χ3v) is 5.79. The number of nitrogens with two attached hydrogens (primary N) is 1. The molecule has 34 heavy (non-hydrogen) atoms. The molecule has 0 saturated heterocycles. The minimum Gasteiger partial charge on any atom is -0.384 e. The van der Waals surface area contributed by atoms with Crippen LogP contribution in [0, 0.1) is 11.6 Å². The topological polar surface area (TPSA) is 116 Å². The number of amides is 1. The van der Waals surface area contributed by atoms with E-state index in [1.807, 2.05) is 6.92 Å². The summed E-state index contributed by atoms with van der Waals surface area (Å²) in [6.07, 6.45) is 5.04. The molecule has 9 nitrogen and oxygen atoms in total. The van der Waals surface area contributed by atoms with Gasteiger partial charge in [-0.3, -0.25) is 4.79 Å². The lowest BCUT2D eigenvalue weighted by molar-refractivity contribution is 0.0697. The maximum absolute atomic E-state index is 15.2. The zero-order valence-corrected chi connectivity index (χ0v) is 18.2. The molecule has 1 amide bonds. The van der Waals surface area contributed by atoms with E-state index in [9.17, 15) is 4.79 Å². The van der Waals surface area contributed by atoms with Crippen molar-refractivity contribution in [2.45, 2.75) is 26.4 Å². The maximum atomic E-state index is 15.2. The Kier molecular flexibility index (Phi) is 5.44. The highest BCUT2D eigenvalue weighted by Crippen LogP contribution is 2.34. The fraction of sp³-hybridized carbons (Fsp3) is 0.217. The number of hydrogen-bond donors (Lipinski definition) is 1. The zero-order chi connectivity index (χ0) is 23.8. The van der Waals surface area contributed by atoms with Crippen LogP contribution in [0.2, 0.25) is 0 Å². The van der Waals surface area contributed by atoms with Crippen LogP contribution in [0.25, 0.3) is 22.4 Å². The first-order chi connectivity index (χ1) is 16.5. The molecular formula is C23H20F2N8O. The van der Waals surface area contributed by atoms with Crippen LogP contribution in [-0.2, 0) is 19.5 Å². The minimum absolute atomic E-state index is 0.125. The molecule has 0 aliphatic carbocycles. The standard InChI is InChI=1S/C23H20F2N8O/c1-2-17-20(13-3-4-18(26)27-9-13)22(29-11-28-17)14-7-15(24)21(16(25)8-14)23(34)32-5-6-33-12-30-31-19(33)10-32/h3-4,7-9,11-12H,2,5-6,10H2,1H3,(H2,26,27). The number of benzene rings is 1. The van der Waals surface area contributed by atoms with Gasteiger partial charge in [-0.05, 0) is 30.7 Å². The van der Waals surface area contributed by atoms with Gasteiger partial charge in [-0.1, -0.05) is 6.92 Å². The molecule has 1 aliphatic heterocycles. The number of aromatic nitrogens is 6. The molecular weight excluding hydrogens is 442 g/mol. The molecule has 0 spiro atoms. The summed E-state index contributed by atoms with van der Waals surface area (Å²) in [5.74, 6) is -1.77. The van der Waals surface area contributed by atoms with Crippen molar-refractivity contribution in [3.05, 3.63) is 71.8 Å². The lowest BCUT2D eigenvalue weighted by atomic mass is 9.96. The van der Waals surface area contributed by atoms with Gasteiger partial charge in [0.1, 0.15) is 35.7 Å². The number of rotatable bonds is 4. The van der Waals surface area contributed by atoms with E-state index in [2.05, 4.69) is 25.1 Å². The maximum Gasteiger partial charge on any atom is 0.260 e. The van der Waals surface area contributed by atoms with Gasteiger partial charge < -0.3 is 15.2 Å². The summed E-state index contributed by atoms with van der Waals surface area (Å²) in [5, 5.41) is 7.75. The van der Waals surface area contributed by atoms with Gasteiger partial charge >= 0.3 is 0 Å². The van der Waals surface area contributed by atoms with Crippen molar-refractivity contribution in [3.63, 3.8) is 0 Å². The second-order valence-electron chi connectivity index (χ2n) is 7.85. The molecule has 0 unspecified atom stereocenters. The van der Waals surface area contributed by atoms with Crippen molar-refractivity contribution in [1.82, 2.24) is 34.6 Å². The number of anilines is 1. The monoisotopic (exact) mass is 462 g/mol. The summed E-state index contributed by atoms with van der Waals surface area (Å²) >= 11 is 0. The number of nitrogens with zero attached hydrogens (tertiary/aromatic N) is 7.